The molecule has 1 aliphatic rings. The number of rotatable bonds is 5. The van der Waals surface area contributed by atoms with Gasteiger partial charge in [0.05, 0.1) is 16.2 Å². The fourth-order valence-corrected chi connectivity index (χ4v) is 4.95. The lowest BCUT2D eigenvalue weighted by molar-refractivity contribution is 0.689. The van der Waals surface area contributed by atoms with Crippen LogP contribution in [0.15, 0.2) is 46.8 Å². The molecule has 0 saturated heterocycles. The van der Waals surface area contributed by atoms with E-state index in [0.717, 1.165) is 51.1 Å². The van der Waals surface area contributed by atoms with E-state index in [1.807, 2.05) is 27.0 Å². The van der Waals surface area contributed by atoms with Crippen molar-refractivity contribution in [1.29, 1.82) is 5.41 Å². The Hall–Kier alpha value is -2.79. The number of anilines is 1. The number of nitrogens with two attached hydrogens (primary N) is 1. The quantitative estimate of drug-likeness (QED) is 0.311. The van der Waals surface area contributed by atoms with Gasteiger partial charge in [0.15, 0.2) is 0 Å². The molecule has 4 nitrogen and oxygen atoms in total. The Kier molecular flexibility index (Phi) is 7.39. The van der Waals surface area contributed by atoms with Gasteiger partial charge in [-0.25, -0.2) is 4.98 Å². The summed E-state index contributed by atoms with van der Waals surface area (Å²) in [4.78, 5) is 6.22. The number of nitrogens with zero attached hydrogens (tertiary/aromatic N) is 1. The van der Waals surface area contributed by atoms with Crippen molar-refractivity contribution < 1.29 is 0 Å². The molecule has 0 aliphatic heterocycles. The van der Waals surface area contributed by atoms with Crippen LogP contribution in [-0.4, -0.2) is 18.2 Å². The Morgan fingerprint density at radius 3 is 2.52 bits per heavy atom. The highest BCUT2D eigenvalue weighted by molar-refractivity contribution is 8.03. The molecule has 2 aromatic carbocycles. The minimum Gasteiger partial charge on any atom is -0.394 e. The van der Waals surface area contributed by atoms with Crippen molar-refractivity contribution in [3.05, 3.63) is 64.2 Å². The van der Waals surface area contributed by atoms with Gasteiger partial charge in [-0.15, -0.1) is 0 Å². The van der Waals surface area contributed by atoms with Crippen molar-refractivity contribution in [1.82, 2.24) is 4.98 Å². The van der Waals surface area contributed by atoms with E-state index in [4.69, 9.17) is 16.1 Å². The van der Waals surface area contributed by atoms with E-state index in [2.05, 4.69) is 43.1 Å². The maximum Gasteiger partial charge on any atom is 0.0744 e. The lowest BCUT2D eigenvalue weighted by atomic mass is 9.84. The number of nitrogens with one attached hydrogen (secondary N) is 2. The number of fused-ring (bicyclic) bond motifs is 3. The molecule has 0 spiro atoms. The number of aryl methyl sites for hydroxylation is 2. The summed E-state index contributed by atoms with van der Waals surface area (Å²) in [5, 5.41) is 12.9. The Bertz CT molecular complexity index is 1130. The van der Waals surface area contributed by atoms with E-state index < -0.39 is 0 Å². The Labute approximate surface area is 189 Å². The molecule has 0 fully saturated rings. The van der Waals surface area contributed by atoms with Crippen molar-refractivity contribution in [2.24, 2.45) is 5.73 Å². The first-order chi connectivity index (χ1) is 15.0. The normalized spacial score (nSPS) is 12.5. The fourth-order valence-electron chi connectivity index (χ4n) is 4.25. The van der Waals surface area contributed by atoms with Crippen LogP contribution in [0.4, 0.5) is 5.69 Å². The van der Waals surface area contributed by atoms with E-state index in [1.54, 1.807) is 0 Å². The van der Waals surface area contributed by atoms with E-state index in [-0.39, 0.29) is 0 Å². The lowest BCUT2D eigenvalue weighted by Crippen LogP contribution is -2.10. The molecule has 3 aromatic rings. The zero-order chi connectivity index (χ0) is 22.5. The van der Waals surface area contributed by atoms with E-state index >= 15 is 0 Å². The first-order valence-electron chi connectivity index (χ1n) is 10.9. The molecule has 0 amide bonds. The second kappa shape index (κ2) is 10.0. The molecular weight excluding hydrogens is 400 g/mol. The van der Waals surface area contributed by atoms with Gasteiger partial charge in [-0.05, 0) is 67.5 Å². The molecule has 162 valence electrons. The first-order valence-corrected chi connectivity index (χ1v) is 11.7. The topological polar surface area (TPSA) is 74.8 Å². The van der Waals surface area contributed by atoms with Crippen LogP contribution in [0.5, 0.6) is 0 Å². The summed E-state index contributed by atoms with van der Waals surface area (Å²) in [5.41, 5.74) is 14.8. The maximum absolute atomic E-state index is 8.01. The number of hydrogen-bond donors (Lipinski definition) is 3. The second-order valence-electron chi connectivity index (χ2n) is 7.49. The minimum absolute atomic E-state index is 0.592. The molecule has 1 aromatic heterocycles. The zero-order valence-corrected chi connectivity index (χ0v) is 19.7. The number of aromatic nitrogens is 1. The highest BCUT2D eigenvalue weighted by atomic mass is 32.2. The van der Waals surface area contributed by atoms with E-state index in [9.17, 15) is 0 Å². The maximum atomic E-state index is 8.01. The summed E-state index contributed by atoms with van der Waals surface area (Å²) in [6, 6.07) is 10.6. The Morgan fingerprint density at radius 2 is 1.87 bits per heavy atom. The van der Waals surface area contributed by atoms with Gasteiger partial charge in [0, 0.05) is 40.4 Å². The SMILES string of the molecule is C=C(N)Sc1cc(-c2nc3ccc(NC)c(C=N)c3c3c2CCCC3)ccc1C.CC. The van der Waals surface area contributed by atoms with Crippen LogP contribution in [0.3, 0.4) is 0 Å². The van der Waals surface area contributed by atoms with Crippen molar-refractivity contribution >= 4 is 34.6 Å². The number of thioether (sulfide) groups is 1. The van der Waals surface area contributed by atoms with Gasteiger partial charge >= 0.3 is 0 Å². The van der Waals surface area contributed by atoms with Crippen LogP contribution < -0.4 is 11.1 Å². The van der Waals surface area contributed by atoms with Crippen LogP contribution >= 0.6 is 11.8 Å². The largest absolute Gasteiger partial charge is 0.394 e. The van der Waals surface area contributed by atoms with Crippen molar-refractivity contribution in [2.45, 2.75) is 51.3 Å². The third-order valence-corrected chi connectivity index (χ3v) is 6.55. The first kappa shape index (κ1) is 22.9. The molecule has 31 heavy (non-hydrogen) atoms. The number of hydrogen-bond acceptors (Lipinski definition) is 5. The summed E-state index contributed by atoms with van der Waals surface area (Å²) in [6.45, 7) is 9.93. The molecule has 0 bridgehead atoms. The van der Waals surface area contributed by atoms with Crippen LogP contribution in [0.1, 0.15) is 48.9 Å². The zero-order valence-electron chi connectivity index (χ0n) is 18.9. The van der Waals surface area contributed by atoms with E-state index in [0.29, 0.717) is 5.03 Å². The summed E-state index contributed by atoms with van der Waals surface area (Å²) >= 11 is 1.50. The summed E-state index contributed by atoms with van der Waals surface area (Å²) in [5.74, 6) is 0. The minimum atomic E-state index is 0.592. The molecule has 1 heterocycles. The average molecular weight is 433 g/mol. The van der Waals surface area contributed by atoms with Gasteiger partial charge in [-0.1, -0.05) is 44.3 Å². The molecule has 4 N–H and O–H groups in total. The smallest absolute Gasteiger partial charge is 0.0744 e. The van der Waals surface area contributed by atoms with Crippen molar-refractivity contribution in [3.63, 3.8) is 0 Å². The van der Waals surface area contributed by atoms with Crippen LogP contribution in [0.2, 0.25) is 0 Å². The molecule has 0 radical (unpaired) electrons. The number of pyridine rings is 1. The average Bonchev–Trinajstić information content (AvgIpc) is 2.80. The summed E-state index contributed by atoms with van der Waals surface area (Å²) < 4.78 is 0. The Morgan fingerprint density at radius 1 is 1.16 bits per heavy atom. The third-order valence-electron chi connectivity index (χ3n) is 5.63. The molecule has 0 unspecified atom stereocenters. The summed E-state index contributed by atoms with van der Waals surface area (Å²) in [7, 11) is 1.90. The number of benzene rings is 2. The van der Waals surface area contributed by atoms with Crippen molar-refractivity contribution in [3.8, 4) is 11.3 Å². The fraction of sp³-hybridized carbons (Fsp3) is 0.308. The van der Waals surface area contributed by atoms with Gasteiger partial charge in [0.1, 0.15) is 0 Å². The molecule has 5 heteroatoms. The lowest BCUT2D eigenvalue weighted by Gasteiger charge is -2.23. The highest BCUT2D eigenvalue weighted by Gasteiger charge is 2.22. The van der Waals surface area contributed by atoms with Gasteiger partial charge in [-0.3, -0.25) is 0 Å². The van der Waals surface area contributed by atoms with Crippen LogP contribution in [0.25, 0.3) is 22.2 Å². The molecule has 4 rings (SSSR count). The molecule has 0 saturated carbocycles. The van der Waals surface area contributed by atoms with Gasteiger partial charge < -0.3 is 16.5 Å². The third kappa shape index (κ3) is 4.47. The highest BCUT2D eigenvalue weighted by Crippen LogP contribution is 2.39. The monoisotopic (exact) mass is 432 g/mol. The second-order valence-corrected chi connectivity index (χ2v) is 8.66. The predicted octanol–water partition coefficient (Wildman–Crippen LogP) is 6.68. The predicted molar refractivity (Wildman–Crippen MR) is 137 cm³/mol. The van der Waals surface area contributed by atoms with Crippen LogP contribution in [-0.2, 0) is 12.8 Å². The van der Waals surface area contributed by atoms with Crippen LogP contribution in [0, 0.1) is 12.3 Å². The standard InChI is InChI=1S/C24H26N4S.C2H6/c1-14-8-9-16(12-22(14)29-15(2)26)24-18-7-5-4-6-17(18)23-19(13-25)20(27-3)10-11-21(23)28-24;1-2/h8-13,25,27H,2,4-7,26H2,1,3H3;1-2H3. The van der Waals surface area contributed by atoms with Crippen molar-refractivity contribution in [2.75, 3.05) is 12.4 Å². The molecule has 1 aliphatic carbocycles. The van der Waals surface area contributed by atoms with Gasteiger partial charge in [0.25, 0.3) is 0 Å². The molecular formula is C26H32N4S. The Balaban J connectivity index is 0.00000132. The van der Waals surface area contributed by atoms with Gasteiger partial charge in [0.2, 0.25) is 0 Å². The van der Waals surface area contributed by atoms with Gasteiger partial charge in [-0.2, -0.15) is 0 Å². The molecule has 0 atom stereocenters. The summed E-state index contributed by atoms with van der Waals surface area (Å²) in [6.07, 6.45) is 5.86. The van der Waals surface area contributed by atoms with E-state index in [1.165, 1.54) is 47.5 Å².